The first-order valence-electron chi connectivity index (χ1n) is 14.8. The molecule has 0 aliphatic carbocycles. The highest BCUT2D eigenvalue weighted by Gasteiger charge is 2.27. The first kappa shape index (κ1) is 30.1. The lowest BCUT2D eigenvalue weighted by Gasteiger charge is -2.28. The lowest BCUT2D eigenvalue weighted by molar-refractivity contribution is 0.0303. The second-order valence-corrected chi connectivity index (χ2v) is 11.1. The van der Waals surface area contributed by atoms with Crippen LogP contribution >= 0.6 is 0 Å². The molecule has 1 atom stereocenters. The van der Waals surface area contributed by atoms with Crippen molar-refractivity contribution in [3.8, 4) is 16.9 Å². The van der Waals surface area contributed by atoms with E-state index in [1.54, 1.807) is 23.1 Å². The molecule has 45 heavy (non-hydrogen) atoms. The zero-order chi connectivity index (χ0) is 31.5. The van der Waals surface area contributed by atoms with Gasteiger partial charge in [-0.2, -0.15) is 0 Å². The van der Waals surface area contributed by atoms with E-state index in [4.69, 9.17) is 9.47 Å². The molecule has 3 N–H and O–H groups in total. The number of aliphatic hydroxyl groups is 1. The molecule has 0 spiro atoms. The van der Waals surface area contributed by atoms with Crippen molar-refractivity contribution in [2.45, 2.75) is 19.1 Å². The van der Waals surface area contributed by atoms with Crippen molar-refractivity contribution < 1.29 is 28.6 Å². The van der Waals surface area contributed by atoms with Crippen LogP contribution in [-0.4, -0.2) is 65.8 Å². The largest absolute Gasteiger partial charge is 0.488 e. The summed E-state index contributed by atoms with van der Waals surface area (Å²) in [5.74, 6) is -0.832. The van der Waals surface area contributed by atoms with Gasteiger partial charge in [0.05, 0.1) is 25.9 Å². The Hall–Kier alpha value is -4.99. The number of hydrogen-bond donors (Lipinski definition) is 3. The van der Waals surface area contributed by atoms with E-state index in [9.17, 15) is 19.1 Å². The molecule has 0 radical (unpaired) electrons. The molecule has 1 fully saturated rings. The smallest absolute Gasteiger partial charge is 0.254 e. The Morgan fingerprint density at radius 3 is 2.64 bits per heavy atom. The fraction of sp³-hybridized carbons (Fsp3) is 0.222. The van der Waals surface area contributed by atoms with Gasteiger partial charge in [0.15, 0.2) is 0 Å². The van der Waals surface area contributed by atoms with Crippen molar-refractivity contribution in [3.05, 3.63) is 120 Å². The van der Waals surface area contributed by atoms with Crippen LogP contribution in [0.5, 0.6) is 5.75 Å². The first-order valence-corrected chi connectivity index (χ1v) is 14.8. The summed E-state index contributed by atoms with van der Waals surface area (Å²) in [4.78, 5) is 32.1. The number of nitrogens with zero attached hydrogens (tertiary/aromatic N) is 1. The number of nitrogens with one attached hydrogen (secondary N) is 2. The van der Waals surface area contributed by atoms with Crippen LogP contribution in [0, 0.1) is 0 Å². The van der Waals surface area contributed by atoms with E-state index in [2.05, 4.69) is 23.5 Å². The van der Waals surface area contributed by atoms with E-state index in [1.165, 1.54) is 12.2 Å². The predicted octanol–water partition coefficient (Wildman–Crippen LogP) is 5.59. The number of ether oxygens (including phenoxy) is 2. The van der Waals surface area contributed by atoms with Gasteiger partial charge in [0.1, 0.15) is 18.2 Å². The summed E-state index contributed by atoms with van der Waals surface area (Å²) in [5, 5.41) is 14.2. The van der Waals surface area contributed by atoms with Gasteiger partial charge < -0.3 is 29.8 Å². The number of carbonyl (C=O) groups is 2. The van der Waals surface area contributed by atoms with Crippen molar-refractivity contribution in [1.29, 1.82) is 0 Å². The number of carbonyl (C=O) groups excluding carboxylic acids is 2. The Morgan fingerprint density at radius 1 is 1.09 bits per heavy atom. The molecule has 8 nitrogen and oxygen atoms in total. The Morgan fingerprint density at radius 2 is 1.89 bits per heavy atom. The highest BCUT2D eigenvalue weighted by Crippen LogP contribution is 2.42. The minimum Gasteiger partial charge on any atom is -0.488 e. The summed E-state index contributed by atoms with van der Waals surface area (Å²) in [6, 6.07) is 15.9. The van der Waals surface area contributed by atoms with E-state index in [0.29, 0.717) is 49.6 Å². The molecule has 4 aromatic rings. The third-order valence-corrected chi connectivity index (χ3v) is 8.25. The van der Waals surface area contributed by atoms with Gasteiger partial charge in [0.25, 0.3) is 11.8 Å². The maximum atomic E-state index is 14.8. The number of aliphatic hydroxyl groups excluding tert-OH is 1. The Balaban J connectivity index is 1.36. The topological polar surface area (TPSA) is 104 Å². The molecule has 3 aromatic carbocycles. The van der Waals surface area contributed by atoms with Crippen LogP contribution in [-0.2, 0) is 17.8 Å². The Labute approximate surface area is 260 Å². The molecule has 6 rings (SSSR count). The number of fused-ring (bicyclic) bond motifs is 4. The zero-order valence-electron chi connectivity index (χ0n) is 24.8. The Bertz CT molecular complexity index is 1840. The molecule has 2 aliphatic heterocycles. The highest BCUT2D eigenvalue weighted by atomic mass is 19.1. The number of para-hydroxylation sites is 1. The van der Waals surface area contributed by atoms with Crippen molar-refractivity contribution in [1.82, 2.24) is 15.2 Å². The van der Waals surface area contributed by atoms with E-state index >= 15 is 0 Å². The number of aromatic nitrogens is 1. The fourth-order valence-corrected chi connectivity index (χ4v) is 5.97. The zero-order valence-corrected chi connectivity index (χ0v) is 24.8. The van der Waals surface area contributed by atoms with Crippen molar-refractivity contribution in [2.24, 2.45) is 0 Å². The van der Waals surface area contributed by atoms with Crippen LogP contribution in [0.15, 0.2) is 91.9 Å². The summed E-state index contributed by atoms with van der Waals surface area (Å²) in [5.41, 5.74) is 5.25. The molecule has 2 aliphatic rings. The SMILES string of the molecule is C=C/C=C(\C(=C)F)c1cc2c(cc1C(=O)N[C@@H](CO)Cc1c[nH]c3ccccc13)-c1ccc(C(=O)N3CCOCC3)cc1CO2. The van der Waals surface area contributed by atoms with Crippen LogP contribution in [0.1, 0.15) is 37.4 Å². The van der Waals surface area contributed by atoms with Gasteiger partial charge in [-0.25, -0.2) is 4.39 Å². The van der Waals surface area contributed by atoms with E-state index in [-0.39, 0.29) is 35.8 Å². The standard InChI is InChI=1S/C36H34FN3O5/c1-3-6-27(22(2)37)30-18-34-31(28-10-9-23(15-25(28)21-45-34)36(43)40-11-13-44-14-12-40)17-32(30)35(42)39-26(20-41)16-24-19-38-33-8-5-4-7-29(24)33/h3-10,15,17-19,26,38,41H,1-2,11-14,16,20-21H2,(H,39,42)/b27-6+/t26-/m1/s1. The maximum Gasteiger partial charge on any atom is 0.254 e. The normalized spacial score (nSPS) is 15.1. The van der Waals surface area contributed by atoms with Crippen molar-refractivity contribution in [2.75, 3.05) is 32.9 Å². The van der Waals surface area contributed by atoms with Crippen LogP contribution in [0.3, 0.4) is 0 Å². The molecule has 0 bridgehead atoms. The second kappa shape index (κ2) is 12.9. The predicted molar refractivity (Wildman–Crippen MR) is 172 cm³/mol. The first-order chi connectivity index (χ1) is 21.9. The molecule has 1 saturated heterocycles. The second-order valence-electron chi connectivity index (χ2n) is 11.1. The number of allylic oxidation sites excluding steroid dienone is 4. The average Bonchev–Trinajstić information content (AvgIpc) is 3.48. The van der Waals surface area contributed by atoms with Gasteiger partial charge >= 0.3 is 0 Å². The summed E-state index contributed by atoms with van der Waals surface area (Å²) in [7, 11) is 0. The molecule has 0 unspecified atom stereocenters. The molecular formula is C36H34FN3O5. The van der Waals surface area contributed by atoms with Gasteiger partial charge in [-0.05, 0) is 53.4 Å². The van der Waals surface area contributed by atoms with Gasteiger partial charge in [-0.15, -0.1) is 0 Å². The van der Waals surface area contributed by atoms with Crippen molar-refractivity contribution >= 4 is 28.3 Å². The summed E-state index contributed by atoms with van der Waals surface area (Å²) in [6.45, 7) is 9.15. The molecule has 3 heterocycles. The number of amides is 2. The average molecular weight is 608 g/mol. The van der Waals surface area contributed by atoms with E-state index < -0.39 is 17.8 Å². The monoisotopic (exact) mass is 607 g/mol. The van der Waals surface area contributed by atoms with Gasteiger partial charge in [-0.3, -0.25) is 9.59 Å². The molecule has 1 aromatic heterocycles. The highest BCUT2D eigenvalue weighted by molar-refractivity contribution is 6.03. The third-order valence-electron chi connectivity index (χ3n) is 8.25. The van der Waals surface area contributed by atoms with Crippen LogP contribution in [0.2, 0.25) is 0 Å². The summed E-state index contributed by atoms with van der Waals surface area (Å²) < 4.78 is 26.3. The number of morpholine rings is 1. The lowest BCUT2D eigenvalue weighted by Crippen LogP contribution is -2.40. The van der Waals surface area contributed by atoms with E-state index in [1.807, 2.05) is 42.6 Å². The van der Waals surface area contributed by atoms with Gasteiger partial charge in [0, 0.05) is 58.0 Å². The fourth-order valence-electron chi connectivity index (χ4n) is 5.97. The number of rotatable bonds is 9. The lowest BCUT2D eigenvalue weighted by atomic mass is 9.89. The molecule has 230 valence electrons. The number of aromatic amines is 1. The number of halogens is 1. The molecule has 9 heteroatoms. The minimum atomic E-state index is -0.733. The van der Waals surface area contributed by atoms with Crippen LogP contribution in [0.4, 0.5) is 4.39 Å². The summed E-state index contributed by atoms with van der Waals surface area (Å²) in [6.07, 6.45) is 5.13. The number of benzene rings is 3. The molecule has 0 saturated carbocycles. The van der Waals surface area contributed by atoms with Crippen molar-refractivity contribution in [3.63, 3.8) is 0 Å². The molecule has 2 amide bonds. The van der Waals surface area contributed by atoms with Crippen LogP contribution in [0.25, 0.3) is 27.6 Å². The number of hydrogen-bond acceptors (Lipinski definition) is 5. The van der Waals surface area contributed by atoms with Gasteiger partial charge in [0.2, 0.25) is 0 Å². The van der Waals surface area contributed by atoms with Gasteiger partial charge in [-0.1, -0.05) is 49.6 Å². The van der Waals surface area contributed by atoms with Crippen LogP contribution < -0.4 is 10.1 Å². The Kier molecular flexibility index (Phi) is 8.64. The maximum absolute atomic E-state index is 14.8. The van der Waals surface area contributed by atoms with E-state index in [0.717, 1.165) is 27.6 Å². The molecular weight excluding hydrogens is 573 g/mol. The minimum absolute atomic E-state index is 0.0757. The quantitative estimate of drug-likeness (QED) is 0.216. The summed E-state index contributed by atoms with van der Waals surface area (Å²) >= 11 is 0. The third kappa shape index (κ3) is 6.05. The number of H-pyrrole nitrogens is 1.